The van der Waals surface area contributed by atoms with E-state index in [-0.39, 0.29) is 0 Å². The Balaban J connectivity index is 2.45. The standard InChI is InChI=1S/C10H9BrCl2O/c11-9-7(12)4-6(5-8(9)13)10(14)2-1-3-10/h4-5,14H,1-3H2. The van der Waals surface area contributed by atoms with Gasteiger partial charge >= 0.3 is 0 Å². The van der Waals surface area contributed by atoms with Crippen molar-refractivity contribution in [2.24, 2.45) is 0 Å². The van der Waals surface area contributed by atoms with Crippen LogP contribution in [0.1, 0.15) is 24.8 Å². The summed E-state index contributed by atoms with van der Waals surface area (Å²) < 4.78 is 0.688. The highest BCUT2D eigenvalue weighted by Gasteiger charge is 2.36. The molecule has 1 aromatic rings. The molecule has 0 unspecified atom stereocenters. The van der Waals surface area contributed by atoms with Crippen LogP contribution in [0, 0.1) is 0 Å². The van der Waals surface area contributed by atoms with Crippen molar-refractivity contribution in [3.8, 4) is 0 Å². The van der Waals surface area contributed by atoms with Crippen molar-refractivity contribution in [1.29, 1.82) is 0 Å². The van der Waals surface area contributed by atoms with Gasteiger partial charge in [0.25, 0.3) is 0 Å². The lowest BCUT2D eigenvalue weighted by atomic mass is 9.75. The van der Waals surface area contributed by atoms with Crippen LogP contribution in [0.4, 0.5) is 0 Å². The smallest absolute Gasteiger partial charge is 0.0897 e. The van der Waals surface area contributed by atoms with E-state index in [0.29, 0.717) is 14.5 Å². The fourth-order valence-electron chi connectivity index (χ4n) is 1.62. The van der Waals surface area contributed by atoms with Crippen LogP contribution in [0.3, 0.4) is 0 Å². The zero-order valence-electron chi connectivity index (χ0n) is 7.36. The molecule has 0 heterocycles. The molecule has 4 heteroatoms. The van der Waals surface area contributed by atoms with Crippen molar-refractivity contribution in [1.82, 2.24) is 0 Å². The molecule has 76 valence electrons. The minimum atomic E-state index is -0.700. The Morgan fingerprint density at radius 1 is 1.21 bits per heavy atom. The molecular weight excluding hydrogens is 287 g/mol. The molecule has 14 heavy (non-hydrogen) atoms. The average molecular weight is 296 g/mol. The molecular formula is C10H9BrCl2O. The molecule has 0 amide bonds. The molecule has 0 saturated heterocycles. The number of hydrogen-bond acceptors (Lipinski definition) is 1. The van der Waals surface area contributed by atoms with Gasteiger partial charge in [-0.15, -0.1) is 0 Å². The van der Waals surface area contributed by atoms with Crippen molar-refractivity contribution < 1.29 is 5.11 Å². The van der Waals surface area contributed by atoms with Crippen LogP contribution in [0.25, 0.3) is 0 Å². The van der Waals surface area contributed by atoms with Crippen LogP contribution < -0.4 is 0 Å². The van der Waals surface area contributed by atoms with E-state index in [1.165, 1.54) is 0 Å². The van der Waals surface area contributed by atoms with Crippen LogP contribution in [0.5, 0.6) is 0 Å². The number of aliphatic hydroxyl groups is 1. The third kappa shape index (κ3) is 1.69. The molecule has 0 aromatic heterocycles. The predicted octanol–water partition coefficient (Wildman–Crippen LogP) is 4.13. The zero-order chi connectivity index (χ0) is 10.3. The minimum Gasteiger partial charge on any atom is -0.385 e. The van der Waals surface area contributed by atoms with Gasteiger partial charge in [-0.1, -0.05) is 23.2 Å². The topological polar surface area (TPSA) is 20.2 Å². The van der Waals surface area contributed by atoms with E-state index in [1.807, 2.05) is 0 Å². The van der Waals surface area contributed by atoms with Gasteiger partial charge in [-0.05, 0) is 52.9 Å². The summed E-state index contributed by atoms with van der Waals surface area (Å²) in [7, 11) is 0. The van der Waals surface area contributed by atoms with Crippen LogP contribution >= 0.6 is 39.1 Å². The molecule has 0 radical (unpaired) electrons. The highest BCUT2D eigenvalue weighted by atomic mass is 79.9. The lowest BCUT2D eigenvalue weighted by Crippen LogP contribution is -2.33. The van der Waals surface area contributed by atoms with Crippen molar-refractivity contribution in [3.63, 3.8) is 0 Å². The first-order chi connectivity index (χ1) is 6.53. The second-order valence-corrected chi connectivity index (χ2v) is 5.25. The summed E-state index contributed by atoms with van der Waals surface area (Å²) >= 11 is 15.2. The molecule has 1 saturated carbocycles. The molecule has 0 spiro atoms. The number of halogens is 3. The van der Waals surface area contributed by atoms with E-state index < -0.39 is 5.60 Å². The fraction of sp³-hybridized carbons (Fsp3) is 0.400. The Bertz CT molecular complexity index is 351. The third-order valence-corrected chi connectivity index (χ3v) is 4.61. The van der Waals surface area contributed by atoms with Gasteiger partial charge in [0.2, 0.25) is 0 Å². The highest BCUT2D eigenvalue weighted by Crippen LogP contribution is 2.44. The maximum Gasteiger partial charge on any atom is 0.0897 e. The van der Waals surface area contributed by atoms with E-state index in [1.54, 1.807) is 12.1 Å². The van der Waals surface area contributed by atoms with Crippen LogP contribution in [0.15, 0.2) is 16.6 Å². The fourth-order valence-corrected chi connectivity index (χ4v) is 2.34. The van der Waals surface area contributed by atoms with E-state index in [0.717, 1.165) is 24.8 Å². The lowest BCUT2D eigenvalue weighted by Gasteiger charge is -2.37. The second kappa shape index (κ2) is 3.67. The number of benzene rings is 1. The third-order valence-electron chi connectivity index (χ3n) is 2.70. The molecule has 1 aliphatic carbocycles. The molecule has 1 nitrogen and oxygen atoms in total. The summed E-state index contributed by atoms with van der Waals surface area (Å²) in [6.07, 6.45) is 2.64. The SMILES string of the molecule is OC1(c2cc(Cl)c(Br)c(Cl)c2)CCC1. The van der Waals surface area contributed by atoms with Gasteiger partial charge in [0.15, 0.2) is 0 Å². The largest absolute Gasteiger partial charge is 0.385 e. The van der Waals surface area contributed by atoms with E-state index in [4.69, 9.17) is 23.2 Å². The van der Waals surface area contributed by atoms with Crippen LogP contribution in [-0.4, -0.2) is 5.11 Å². The molecule has 1 fully saturated rings. The van der Waals surface area contributed by atoms with Crippen molar-refractivity contribution in [2.75, 3.05) is 0 Å². The summed E-state index contributed by atoms with van der Waals surface area (Å²) in [5.74, 6) is 0. The van der Waals surface area contributed by atoms with E-state index in [2.05, 4.69) is 15.9 Å². The van der Waals surface area contributed by atoms with Crippen molar-refractivity contribution >= 4 is 39.1 Å². The summed E-state index contributed by atoms with van der Waals surface area (Å²) in [4.78, 5) is 0. The molecule has 1 aromatic carbocycles. The maximum atomic E-state index is 10.1. The molecule has 0 atom stereocenters. The van der Waals surface area contributed by atoms with Gasteiger partial charge in [-0.2, -0.15) is 0 Å². The Kier molecular flexibility index (Phi) is 2.82. The second-order valence-electron chi connectivity index (χ2n) is 3.64. The molecule has 0 aliphatic heterocycles. The summed E-state index contributed by atoms with van der Waals surface area (Å²) in [6, 6.07) is 3.55. The Hall–Kier alpha value is 0.240. The normalized spacial score (nSPS) is 19.1. The lowest BCUT2D eigenvalue weighted by molar-refractivity contribution is -0.0387. The monoisotopic (exact) mass is 294 g/mol. The summed E-state index contributed by atoms with van der Waals surface area (Å²) in [5.41, 5.74) is 0.121. The summed E-state index contributed by atoms with van der Waals surface area (Å²) in [5, 5.41) is 11.2. The Morgan fingerprint density at radius 2 is 1.71 bits per heavy atom. The van der Waals surface area contributed by atoms with Crippen molar-refractivity contribution in [3.05, 3.63) is 32.2 Å². The minimum absolute atomic E-state index is 0.549. The first-order valence-corrected chi connectivity index (χ1v) is 5.95. The van der Waals surface area contributed by atoms with Crippen molar-refractivity contribution in [2.45, 2.75) is 24.9 Å². The predicted molar refractivity (Wildman–Crippen MR) is 61.9 cm³/mol. The van der Waals surface area contributed by atoms with E-state index in [9.17, 15) is 5.11 Å². The Morgan fingerprint density at radius 3 is 2.07 bits per heavy atom. The van der Waals surface area contributed by atoms with Gasteiger partial charge in [0.05, 0.1) is 20.1 Å². The number of rotatable bonds is 1. The quantitative estimate of drug-likeness (QED) is 0.773. The van der Waals surface area contributed by atoms with Gasteiger partial charge in [0, 0.05) is 0 Å². The molecule has 2 rings (SSSR count). The van der Waals surface area contributed by atoms with Crippen LogP contribution in [-0.2, 0) is 5.60 Å². The molecule has 1 aliphatic rings. The zero-order valence-corrected chi connectivity index (χ0v) is 10.5. The van der Waals surface area contributed by atoms with Crippen LogP contribution in [0.2, 0.25) is 10.0 Å². The molecule has 0 bridgehead atoms. The van der Waals surface area contributed by atoms with Gasteiger partial charge in [-0.3, -0.25) is 0 Å². The first-order valence-electron chi connectivity index (χ1n) is 4.40. The number of hydrogen-bond donors (Lipinski definition) is 1. The van der Waals surface area contributed by atoms with Gasteiger partial charge in [0.1, 0.15) is 0 Å². The van der Waals surface area contributed by atoms with Gasteiger partial charge in [-0.25, -0.2) is 0 Å². The van der Waals surface area contributed by atoms with Gasteiger partial charge < -0.3 is 5.11 Å². The summed E-state index contributed by atoms with van der Waals surface area (Å²) in [6.45, 7) is 0. The van der Waals surface area contributed by atoms with E-state index >= 15 is 0 Å². The first kappa shape index (κ1) is 10.7. The Labute approximate surface area is 101 Å². The highest BCUT2D eigenvalue weighted by molar-refractivity contribution is 9.10. The molecule has 1 N–H and O–H groups in total. The average Bonchev–Trinajstić information content (AvgIpc) is 2.09. The maximum absolute atomic E-state index is 10.1.